The fourth-order valence-electron chi connectivity index (χ4n) is 2.32. The maximum absolute atomic E-state index is 9.42. The van der Waals surface area contributed by atoms with E-state index in [4.69, 9.17) is 4.74 Å². The molecule has 1 aromatic carbocycles. The van der Waals surface area contributed by atoms with E-state index in [2.05, 4.69) is 17.3 Å². The first-order valence-corrected chi connectivity index (χ1v) is 6.31. The van der Waals surface area contributed by atoms with E-state index in [1.54, 1.807) is 12.1 Å². The molecule has 0 aliphatic carbocycles. The predicted octanol–water partition coefficient (Wildman–Crippen LogP) is 1.66. The van der Waals surface area contributed by atoms with Crippen LogP contribution in [0.5, 0.6) is 11.5 Å². The monoisotopic (exact) mass is 259 g/mol. The summed E-state index contributed by atoms with van der Waals surface area (Å²) in [5.41, 5.74) is 3.45. The third kappa shape index (κ3) is 2.17. The second-order valence-electron chi connectivity index (χ2n) is 4.85. The molecule has 1 aromatic heterocycles. The Bertz CT molecular complexity index is 607. The molecule has 0 spiro atoms. The van der Waals surface area contributed by atoms with Crippen molar-refractivity contribution in [3.05, 3.63) is 41.2 Å². The van der Waals surface area contributed by atoms with Crippen LogP contribution in [0.3, 0.4) is 0 Å². The number of hydrogen-bond donors (Lipinski definition) is 2. The SMILES string of the molecule is Cc1c(CNC2COc3cc(O)ccc32)cnn1C. The van der Waals surface area contributed by atoms with Gasteiger partial charge < -0.3 is 15.2 Å². The highest BCUT2D eigenvalue weighted by atomic mass is 16.5. The Labute approximate surface area is 111 Å². The van der Waals surface area contributed by atoms with Gasteiger partial charge in [0.2, 0.25) is 0 Å². The minimum atomic E-state index is 0.162. The van der Waals surface area contributed by atoms with Gasteiger partial charge in [-0.05, 0) is 19.1 Å². The van der Waals surface area contributed by atoms with Gasteiger partial charge in [-0.3, -0.25) is 4.68 Å². The van der Waals surface area contributed by atoms with Crippen molar-refractivity contribution in [1.29, 1.82) is 0 Å². The maximum Gasteiger partial charge on any atom is 0.127 e. The van der Waals surface area contributed by atoms with Crippen molar-refractivity contribution in [2.75, 3.05) is 6.61 Å². The van der Waals surface area contributed by atoms with Crippen LogP contribution in [0, 0.1) is 6.92 Å². The van der Waals surface area contributed by atoms with Crippen LogP contribution in [0.15, 0.2) is 24.4 Å². The Morgan fingerprint density at radius 1 is 1.53 bits per heavy atom. The summed E-state index contributed by atoms with van der Waals surface area (Å²) >= 11 is 0. The smallest absolute Gasteiger partial charge is 0.127 e. The molecule has 100 valence electrons. The molecular formula is C14H17N3O2. The van der Waals surface area contributed by atoms with E-state index in [9.17, 15) is 5.11 Å². The normalized spacial score (nSPS) is 17.3. The molecule has 2 aromatic rings. The maximum atomic E-state index is 9.42. The quantitative estimate of drug-likeness (QED) is 0.880. The summed E-state index contributed by atoms with van der Waals surface area (Å²) in [4.78, 5) is 0. The standard InChI is InChI=1S/C14H17N3O2/c1-9-10(7-16-17(9)2)6-15-13-8-19-14-5-11(18)3-4-12(13)14/h3-5,7,13,15,18H,6,8H2,1-2H3. The van der Waals surface area contributed by atoms with Crippen LogP contribution in [0.2, 0.25) is 0 Å². The van der Waals surface area contributed by atoms with E-state index in [1.807, 2.05) is 24.0 Å². The summed E-state index contributed by atoms with van der Waals surface area (Å²) in [5, 5.41) is 17.1. The van der Waals surface area contributed by atoms with Crippen LogP contribution < -0.4 is 10.1 Å². The first kappa shape index (κ1) is 12.0. The molecular weight excluding hydrogens is 242 g/mol. The van der Waals surface area contributed by atoms with E-state index in [-0.39, 0.29) is 11.8 Å². The van der Waals surface area contributed by atoms with E-state index in [0.29, 0.717) is 6.61 Å². The molecule has 1 unspecified atom stereocenters. The van der Waals surface area contributed by atoms with E-state index in [0.717, 1.165) is 23.6 Å². The fraction of sp³-hybridized carbons (Fsp3) is 0.357. The first-order valence-electron chi connectivity index (χ1n) is 6.31. The lowest BCUT2D eigenvalue weighted by Gasteiger charge is -2.11. The van der Waals surface area contributed by atoms with E-state index >= 15 is 0 Å². The summed E-state index contributed by atoms with van der Waals surface area (Å²) in [7, 11) is 1.94. The number of aromatic hydroxyl groups is 1. The van der Waals surface area contributed by atoms with Gasteiger partial charge in [0.25, 0.3) is 0 Å². The van der Waals surface area contributed by atoms with Crippen molar-refractivity contribution < 1.29 is 9.84 Å². The van der Waals surface area contributed by atoms with Crippen LogP contribution in [-0.2, 0) is 13.6 Å². The number of benzene rings is 1. The van der Waals surface area contributed by atoms with Gasteiger partial charge in [-0.2, -0.15) is 5.10 Å². The summed E-state index contributed by atoms with van der Waals surface area (Å²) in [5.74, 6) is 1.00. The van der Waals surface area contributed by atoms with Crippen molar-refractivity contribution in [2.45, 2.75) is 19.5 Å². The van der Waals surface area contributed by atoms with Gasteiger partial charge in [-0.1, -0.05) is 0 Å². The Kier molecular flexibility index (Phi) is 2.91. The van der Waals surface area contributed by atoms with Gasteiger partial charge in [-0.25, -0.2) is 0 Å². The third-order valence-corrected chi connectivity index (χ3v) is 3.65. The van der Waals surface area contributed by atoms with E-state index in [1.165, 1.54) is 5.56 Å². The number of phenolic OH excluding ortho intramolecular Hbond substituents is 1. The van der Waals surface area contributed by atoms with Gasteiger partial charge >= 0.3 is 0 Å². The molecule has 3 rings (SSSR count). The Hall–Kier alpha value is -2.01. The third-order valence-electron chi connectivity index (χ3n) is 3.65. The highest BCUT2D eigenvalue weighted by Crippen LogP contribution is 2.34. The molecule has 1 atom stereocenters. The highest BCUT2D eigenvalue weighted by Gasteiger charge is 2.24. The average Bonchev–Trinajstić information content (AvgIpc) is 2.93. The van der Waals surface area contributed by atoms with Crippen molar-refractivity contribution in [2.24, 2.45) is 7.05 Å². The van der Waals surface area contributed by atoms with Crippen molar-refractivity contribution >= 4 is 0 Å². The molecule has 0 fully saturated rings. The molecule has 0 saturated heterocycles. The number of rotatable bonds is 3. The second-order valence-corrected chi connectivity index (χ2v) is 4.85. The lowest BCUT2D eigenvalue weighted by Crippen LogP contribution is -2.22. The molecule has 2 N–H and O–H groups in total. The Balaban J connectivity index is 1.72. The minimum absolute atomic E-state index is 0.162. The van der Waals surface area contributed by atoms with Gasteiger partial charge in [0.1, 0.15) is 18.1 Å². The number of phenols is 1. The van der Waals surface area contributed by atoms with Crippen LogP contribution in [-0.4, -0.2) is 21.5 Å². The highest BCUT2D eigenvalue weighted by molar-refractivity contribution is 5.44. The summed E-state index contributed by atoms with van der Waals surface area (Å²) < 4.78 is 7.44. The van der Waals surface area contributed by atoms with Gasteiger partial charge in [0.05, 0.1) is 12.2 Å². The number of nitrogens with one attached hydrogen (secondary N) is 1. The lowest BCUT2D eigenvalue weighted by molar-refractivity contribution is 0.309. The van der Waals surface area contributed by atoms with Crippen LogP contribution in [0.1, 0.15) is 22.9 Å². The molecule has 0 bridgehead atoms. The van der Waals surface area contributed by atoms with Crippen LogP contribution in [0.25, 0.3) is 0 Å². The summed E-state index contributed by atoms with van der Waals surface area (Å²) in [6.45, 7) is 3.41. The molecule has 2 heterocycles. The number of hydrogen-bond acceptors (Lipinski definition) is 4. The number of aromatic nitrogens is 2. The van der Waals surface area contributed by atoms with Crippen molar-refractivity contribution in [3.63, 3.8) is 0 Å². The fourth-order valence-corrected chi connectivity index (χ4v) is 2.32. The molecule has 19 heavy (non-hydrogen) atoms. The zero-order valence-electron chi connectivity index (χ0n) is 11.1. The summed E-state index contributed by atoms with van der Waals surface area (Å²) in [6.07, 6.45) is 1.88. The number of fused-ring (bicyclic) bond motifs is 1. The number of nitrogens with zero attached hydrogens (tertiary/aromatic N) is 2. The molecule has 1 aliphatic rings. The van der Waals surface area contributed by atoms with Crippen molar-refractivity contribution in [3.8, 4) is 11.5 Å². The topological polar surface area (TPSA) is 59.3 Å². The zero-order chi connectivity index (χ0) is 13.4. The number of ether oxygens (including phenoxy) is 1. The molecule has 1 aliphatic heterocycles. The second kappa shape index (κ2) is 4.59. The van der Waals surface area contributed by atoms with Crippen LogP contribution >= 0.6 is 0 Å². The van der Waals surface area contributed by atoms with Crippen molar-refractivity contribution in [1.82, 2.24) is 15.1 Å². The molecule has 0 saturated carbocycles. The summed E-state index contributed by atoms with van der Waals surface area (Å²) in [6, 6.07) is 5.42. The van der Waals surface area contributed by atoms with Gasteiger partial charge in [-0.15, -0.1) is 0 Å². The average molecular weight is 259 g/mol. The minimum Gasteiger partial charge on any atom is -0.508 e. The molecule has 5 heteroatoms. The van der Waals surface area contributed by atoms with E-state index < -0.39 is 0 Å². The molecule has 5 nitrogen and oxygen atoms in total. The molecule has 0 radical (unpaired) electrons. The lowest BCUT2D eigenvalue weighted by atomic mass is 10.1. The molecule has 0 amide bonds. The number of aryl methyl sites for hydroxylation is 1. The van der Waals surface area contributed by atoms with Crippen LogP contribution in [0.4, 0.5) is 0 Å². The Morgan fingerprint density at radius 2 is 2.37 bits per heavy atom. The predicted molar refractivity (Wildman–Crippen MR) is 71.1 cm³/mol. The largest absolute Gasteiger partial charge is 0.508 e. The zero-order valence-corrected chi connectivity index (χ0v) is 11.1. The van der Waals surface area contributed by atoms with Gasteiger partial charge in [0.15, 0.2) is 0 Å². The van der Waals surface area contributed by atoms with Gasteiger partial charge in [0, 0.05) is 36.5 Å². The first-order chi connectivity index (χ1) is 9.15. The Morgan fingerprint density at radius 3 is 3.11 bits per heavy atom.